The van der Waals surface area contributed by atoms with E-state index in [-0.39, 0.29) is 5.54 Å². The molecule has 0 atom stereocenters. The Morgan fingerprint density at radius 1 is 0.964 bits per heavy atom. The maximum Gasteiger partial charge on any atom is 0.157 e. The van der Waals surface area contributed by atoms with E-state index in [1.807, 2.05) is 6.26 Å². The first-order valence-electron chi connectivity index (χ1n) is 11.1. The number of aromatic nitrogens is 1. The van der Waals surface area contributed by atoms with Crippen molar-refractivity contribution in [2.24, 2.45) is 30.7 Å². The van der Waals surface area contributed by atoms with Gasteiger partial charge in [-0.25, -0.2) is 0 Å². The van der Waals surface area contributed by atoms with Gasteiger partial charge in [0.2, 0.25) is 0 Å². The molecular formula is C25H28N2O. The fraction of sp³-hybridized carbons (Fsp3) is 0.520. The second-order valence-electron chi connectivity index (χ2n) is 10.0. The minimum Gasteiger partial charge on any atom is -0.462 e. The highest BCUT2D eigenvalue weighted by molar-refractivity contribution is 5.83. The number of hydrogen-bond donors (Lipinski definition) is 0. The van der Waals surface area contributed by atoms with Crippen LogP contribution >= 0.6 is 0 Å². The molecule has 0 radical (unpaired) electrons. The molecule has 5 aliphatic rings. The summed E-state index contributed by atoms with van der Waals surface area (Å²) in [5, 5.41) is 0. The van der Waals surface area contributed by atoms with Gasteiger partial charge in [0.05, 0.1) is 23.0 Å². The molecule has 8 rings (SSSR count). The van der Waals surface area contributed by atoms with Crippen LogP contribution < -0.4 is 4.90 Å². The van der Waals surface area contributed by atoms with E-state index < -0.39 is 0 Å². The molecule has 0 saturated heterocycles. The first-order chi connectivity index (χ1) is 13.7. The van der Waals surface area contributed by atoms with Crippen molar-refractivity contribution in [3.63, 3.8) is 0 Å². The first-order valence-corrected chi connectivity index (χ1v) is 11.1. The first kappa shape index (κ1) is 15.7. The molecule has 1 aliphatic heterocycles. The molecule has 3 aromatic rings. The van der Waals surface area contributed by atoms with Crippen molar-refractivity contribution in [2.45, 2.75) is 51.1 Å². The minimum absolute atomic E-state index is 0.158. The third-order valence-corrected chi connectivity index (χ3v) is 8.83. The molecule has 28 heavy (non-hydrogen) atoms. The van der Waals surface area contributed by atoms with Crippen molar-refractivity contribution in [1.29, 1.82) is 0 Å². The summed E-state index contributed by atoms with van der Waals surface area (Å²) in [7, 11) is 2.28. The third-order valence-electron chi connectivity index (χ3n) is 8.83. The Labute approximate surface area is 166 Å². The Morgan fingerprint density at radius 2 is 1.68 bits per heavy atom. The number of hydrogen-bond acceptors (Lipinski definition) is 2. The van der Waals surface area contributed by atoms with Crippen LogP contribution in [0.1, 0.15) is 48.9 Å². The predicted octanol–water partition coefficient (Wildman–Crippen LogP) is 5.75. The summed E-state index contributed by atoms with van der Waals surface area (Å²) in [5.41, 5.74) is 8.44. The van der Waals surface area contributed by atoms with Crippen LogP contribution in [0.3, 0.4) is 0 Å². The number of furan rings is 1. The number of aryl methyl sites for hydroxylation is 2. The monoisotopic (exact) mass is 372 g/mol. The van der Waals surface area contributed by atoms with Gasteiger partial charge in [0.15, 0.2) is 5.58 Å². The second kappa shape index (κ2) is 5.06. The van der Waals surface area contributed by atoms with E-state index in [1.54, 1.807) is 5.69 Å². The van der Waals surface area contributed by atoms with E-state index in [0.29, 0.717) is 0 Å². The Morgan fingerprint density at radius 3 is 2.39 bits per heavy atom. The standard InChI is InChI=1S/C25H28N2O/c1-15-5-3-4-6-21(15)27-14-20-23-22(7-8-28-23)26(2)24(20)25(27)18-10-16-9-17(12-18)13-19(25)11-16/h3-8,16-19H,9-14H2,1-2H3. The Kier molecular flexibility index (Phi) is 2.84. The molecule has 0 unspecified atom stereocenters. The van der Waals surface area contributed by atoms with Crippen LogP contribution in [0.4, 0.5) is 5.69 Å². The van der Waals surface area contributed by atoms with Crippen LogP contribution in [-0.2, 0) is 19.1 Å². The quantitative estimate of drug-likeness (QED) is 0.542. The SMILES string of the molecule is Cc1ccccc1N1Cc2c(n(C)c3ccoc23)C12C1CC3CC(C1)CC2C3. The van der Waals surface area contributed by atoms with Gasteiger partial charge >= 0.3 is 0 Å². The fourth-order valence-electron chi connectivity index (χ4n) is 8.18. The summed E-state index contributed by atoms with van der Waals surface area (Å²) in [5.74, 6) is 3.50. The van der Waals surface area contributed by atoms with Gasteiger partial charge in [-0.05, 0) is 74.3 Å². The van der Waals surface area contributed by atoms with E-state index in [0.717, 1.165) is 35.8 Å². The van der Waals surface area contributed by atoms with Crippen LogP contribution in [-0.4, -0.2) is 4.57 Å². The molecule has 4 fully saturated rings. The highest BCUT2D eigenvalue weighted by atomic mass is 16.3. The maximum absolute atomic E-state index is 6.03. The zero-order valence-electron chi connectivity index (χ0n) is 16.8. The zero-order chi connectivity index (χ0) is 18.6. The molecule has 144 valence electrons. The summed E-state index contributed by atoms with van der Waals surface area (Å²) in [6, 6.07) is 11.2. The zero-order valence-corrected chi connectivity index (χ0v) is 16.8. The Balaban J connectivity index is 1.53. The molecule has 4 saturated carbocycles. The van der Waals surface area contributed by atoms with E-state index in [2.05, 4.69) is 53.8 Å². The van der Waals surface area contributed by atoms with Gasteiger partial charge in [-0.3, -0.25) is 0 Å². The number of rotatable bonds is 1. The molecular weight excluding hydrogens is 344 g/mol. The van der Waals surface area contributed by atoms with Gasteiger partial charge in [0.1, 0.15) is 0 Å². The van der Waals surface area contributed by atoms with Crippen LogP contribution in [0.5, 0.6) is 0 Å². The maximum atomic E-state index is 6.03. The lowest BCUT2D eigenvalue weighted by Crippen LogP contribution is -2.62. The van der Waals surface area contributed by atoms with Gasteiger partial charge in [0, 0.05) is 30.9 Å². The molecule has 0 N–H and O–H groups in total. The highest BCUT2D eigenvalue weighted by Gasteiger charge is 2.64. The number of benzene rings is 1. The molecule has 0 amide bonds. The molecule has 2 aromatic heterocycles. The lowest BCUT2D eigenvalue weighted by molar-refractivity contribution is -0.0614. The number of para-hydroxylation sites is 1. The molecule has 1 aromatic carbocycles. The fourth-order valence-corrected chi connectivity index (χ4v) is 8.18. The Hall–Kier alpha value is -2.16. The van der Waals surface area contributed by atoms with Crippen molar-refractivity contribution in [3.05, 3.63) is 53.4 Å². The summed E-state index contributed by atoms with van der Waals surface area (Å²) >= 11 is 0. The molecule has 3 heteroatoms. The van der Waals surface area contributed by atoms with E-state index in [9.17, 15) is 0 Å². The summed E-state index contributed by atoms with van der Waals surface area (Å²) in [6.07, 6.45) is 9.03. The molecule has 3 heterocycles. The van der Waals surface area contributed by atoms with E-state index in [4.69, 9.17) is 4.42 Å². The minimum atomic E-state index is 0.158. The van der Waals surface area contributed by atoms with Gasteiger partial charge in [-0.1, -0.05) is 18.2 Å². The smallest absolute Gasteiger partial charge is 0.157 e. The second-order valence-corrected chi connectivity index (χ2v) is 10.0. The van der Waals surface area contributed by atoms with Gasteiger partial charge < -0.3 is 13.9 Å². The van der Waals surface area contributed by atoms with Crippen LogP contribution in [0, 0.1) is 30.6 Å². The van der Waals surface area contributed by atoms with Crippen molar-refractivity contribution >= 4 is 16.8 Å². The molecule has 3 nitrogen and oxygen atoms in total. The van der Waals surface area contributed by atoms with Crippen molar-refractivity contribution < 1.29 is 4.42 Å². The summed E-state index contributed by atoms with van der Waals surface area (Å²) in [4.78, 5) is 2.82. The number of anilines is 1. The number of nitrogens with zero attached hydrogens (tertiary/aromatic N) is 2. The van der Waals surface area contributed by atoms with E-state index >= 15 is 0 Å². The van der Waals surface area contributed by atoms with Crippen molar-refractivity contribution in [2.75, 3.05) is 4.90 Å². The average Bonchev–Trinajstić information content (AvgIpc) is 3.34. The van der Waals surface area contributed by atoms with Crippen molar-refractivity contribution in [3.8, 4) is 0 Å². The van der Waals surface area contributed by atoms with Crippen LogP contribution in [0.2, 0.25) is 0 Å². The van der Waals surface area contributed by atoms with E-state index in [1.165, 1.54) is 54.4 Å². The van der Waals surface area contributed by atoms with Gasteiger partial charge in [-0.15, -0.1) is 0 Å². The molecule has 4 aliphatic carbocycles. The lowest BCUT2D eigenvalue weighted by Gasteiger charge is -2.63. The van der Waals surface area contributed by atoms with Gasteiger partial charge in [0.25, 0.3) is 0 Å². The largest absolute Gasteiger partial charge is 0.462 e. The molecule has 1 spiro atoms. The number of fused-ring (bicyclic) bond motifs is 3. The van der Waals surface area contributed by atoms with Gasteiger partial charge in [-0.2, -0.15) is 0 Å². The third kappa shape index (κ3) is 1.65. The highest BCUT2D eigenvalue weighted by Crippen LogP contribution is 2.67. The topological polar surface area (TPSA) is 21.3 Å². The summed E-state index contributed by atoms with van der Waals surface area (Å²) in [6.45, 7) is 3.28. The normalized spacial score (nSPS) is 35.4. The Bertz CT molecular complexity index is 1080. The average molecular weight is 373 g/mol. The van der Waals surface area contributed by atoms with Crippen LogP contribution in [0.15, 0.2) is 41.0 Å². The summed E-state index contributed by atoms with van der Waals surface area (Å²) < 4.78 is 8.53. The van der Waals surface area contributed by atoms with Crippen molar-refractivity contribution in [1.82, 2.24) is 4.57 Å². The molecule has 4 bridgehead atoms. The van der Waals surface area contributed by atoms with Crippen LogP contribution in [0.25, 0.3) is 11.1 Å². The lowest BCUT2D eigenvalue weighted by atomic mass is 9.47. The predicted molar refractivity (Wildman–Crippen MR) is 111 cm³/mol.